The maximum Gasteiger partial charge on any atom is 0.0906 e. The standard InChI is InChI=1S/C9H18FNO/c1-8-7-11(5-2-4-10)6-3-9(8)12/h8-9,12H,2-7H2,1H3. The highest BCUT2D eigenvalue weighted by Gasteiger charge is 2.23. The highest BCUT2D eigenvalue weighted by molar-refractivity contribution is 4.76. The van der Waals surface area contributed by atoms with Crippen LogP contribution in [0.5, 0.6) is 0 Å². The average molecular weight is 175 g/mol. The molecule has 0 spiro atoms. The Labute approximate surface area is 73.4 Å². The van der Waals surface area contributed by atoms with E-state index in [1.54, 1.807) is 0 Å². The van der Waals surface area contributed by atoms with Gasteiger partial charge in [0.05, 0.1) is 12.8 Å². The first kappa shape index (κ1) is 9.93. The maximum atomic E-state index is 11.8. The minimum atomic E-state index is -0.229. The molecule has 0 radical (unpaired) electrons. The molecule has 1 heterocycles. The number of likely N-dealkylation sites (tertiary alicyclic amines) is 1. The number of piperidine rings is 1. The predicted molar refractivity (Wildman–Crippen MR) is 46.8 cm³/mol. The molecule has 0 bridgehead atoms. The average Bonchev–Trinajstić information content (AvgIpc) is 2.07. The number of hydrogen-bond acceptors (Lipinski definition) is 2. The molecule has 1 N–H and O–H groups in total. The number of alkyl halides is 1. The van der Waals surface area contributed by atoms with E-state index < -0.39 is 0 Å². The number of aliphatic hydroxyl groups excluding tert-OH is 1. The zero-order valence-electron chi connectivity index (χ0n) is 7.67. The van der Waals surface area contributed by atoms with E-state index in [1.807, 2.05) is 6.92 Å². The van der Waals surface area contributed by atoms with Gasteiger partial charge in [-0.2, -0.15) is 0 Å². The second-order valence-corrected chi connectivity index (χ2v) is 3.68. The zero-order valence-corrected chi connectivity index (χ0v) is 7.67. The van der Waals surface area contributed by atoms with Crippen LogP contribution < -0.4 is 0 Å². The van der Waals surface area contributed by atoms with Crippen LogP contribution >= 0.6 is 0 Å². The van der Waals surface area contributed by atoms with Crippen molar-refractivity contribution in [3.05, 3.63) is 0 Å². The molecule has 2 atom stereocenters. The molecule has 0 aromatic carbocycles. The van der Waals surface area contributed by atoms with Gasteiger partial charge in [-0.3, -0.25) is 4.39 Å². The van der Waals surface area contributed by atoms with Crippen LogP contribution in [0.4, 0.5) is 4.39 Å². The van der Waals surface area contributed by atoms with Crippen LogP contribution in [0, 0.1) is 5.92 Å². The molecule has 2 nitrogen and oxygen atoms in total. The molecule has 0 aliphatic carbocycles. The molecule has 0 aromatic rings. The first-order valence-corrected chi connectivity index (χ1v) is 4.70. The molecule has 12 heavy (non-hydrogen) atoms. The molecule has 0 saturated carbocycles. The van der Waals surface area contributed by atoms with Gasteiger partial charge in [0.1, 0.15) is 0 Å². The van der Waals surface area contributed by atoms with E-state index in [9.17, 15) is 9.50 Å². The second kappa shape index (κ2) is 4.77. The quantitative estimate of drug-likeness (QED) is 0.693. The van der Waals surface area contributed by atoms with Gasteiger partial charge in [-0.25, -0.2) is 0 Å². The SMILES string of the molecule is CC1CN(CCCF)CCC1O. The lowest BCUT2D eigenvalue weighted by molar-refractivity contribution is 0.0341. The smallest absolute Gasteiger partial charge is 0.0906 e. The van der Waals surface area contributed by atoms with Crippen LogP contribution in [0.25, 0.3) is 0 Å². The first-order chi connectivity index (χ1) is 5.74. The van der Waals surface area contributed by atoms with Crippen molar-refractivity contribution in [3.63, 3.8) is 0 Å². The van der Waals surface area contributed by atoms with Gasteiger partial charge in [0.2, 0.25) is 0 Å². The Morgan fingerprint density at radius 2 is 2.33 bits per heavy atom. The predicted octanol–water partition coefficient (Wildman–Crippen LogP) is 1.05. The fraction of sp³-hybridized carbons (Fsp3) is 1.00. The summed E-state index contributed by atoms with van der Waals surface area (Å²) in [6.45, 7) is 4.50. The molecule has 0 amide bonds. The van der Waals surface area contributed by atoms with Gasteiger partial charge >= 0.3 is 0 Å². The summed E-state index contributed by atoms with van der Waals surface area (Å²) in [5.74, 6) is 0.346. The molecular weight excluding hydrogens is 157 g/mol. The number of aliphatic hydroxyl groups is 1. The largest absolute Gasteiger partial charge is 0.393 e. The third-order valence-electron chi connectivity index (χ3n) is 2.55. The number of rotatable bonds is 3. The van der Waals surface area contributed by atoms with Gasteiger partial charge in [-0.1, -0.05) is 6.92 Å². The summed E-state index contributed by atoms with van der Waals surface area (Å²) in [6.07, 6.45) is 1.32. The van der Waals surface area contributed by atoms with E-state index in [0.717, 1.165) is 26.1 Å². The molecule has 1 rings (SSSR count). The van der Waals surface area contributed by atoms with Crippen LogP contribution in [0.2, 0.25) is 0 Å². The minimum absolute atomic E-state index is 0.147. The maximum absolute atomic E-state index is 11.8. The van der Waals surface area contributed by atoms with Crippen LogP contribution in [0.1, 0.15) is 19.8 Å². The van der Waals surface area contributed by atoms with Crippen LogP contribution in [-0.2, 0) is 0 Å². The van der Waals surface area contributed by atoms with Crippen molar-refractivity contribution >= 4 is 0 Å². The lowest BCUT2D eigenvalue weighted by atomic mass is 9.97. The summed E-state index contributed by atoms with van der Waals surface area (Å²) >= 11 is 0. The molecular formula is C9H18FNO. The van der Waals surface area contributed by atoms with Gasteiger partial charge in [0.25, 0.3) is 0 Å². The summed E-state index contributed by atoms with van der Waals surface area (Å²) in [6, 6.07) is 0. The summed E-state index contributed by atoms with van der Waals surface area (Å²) in [5.41, 5.74) is 0. The van der Waals surface area contributed by atoms with Crippen molar-refractivity contribution in [1.82, 2.24) is 4.90 Å². The lowest BCUT2D eigenvalue weighted by Gasteiger charge is -2.34. The summed E-state index contributed by atoms with van der Waals surface area (Å²) in [5, 5.41) is 9.42. The molecule has 2 unspecified atom stereocenters. The Kier molecular flexibility index (Phi) is 3.95. The Hall–Kier alpha value is -0.150. The first-order valence-electron chi connectivity index (χ1n) is 4.70. The van der Waals surface area contributed by atoms with Crippen LogP contribution in [0.3, 0.4) is 0 Å². The van der Waals surface area contributed by atoms with Gasteiger partial charge in [-0.15, -0.1) is 0 Å². The normalized spacial score (nSPS) is 32.2. The Bertz CT molecular complexity index is 130. The Morgan fingerprint density at radius 3 is 2.92 bits per heavy atom. The second-order valence-electron chi connectivity index (χ2n) is 3.68. The van der Waals surface area contributed by atoms with E-state index in [-0.39, 0.29) is 12.8 Å². The highest BCUT2D eigenvalue weighted by Crippen LogP contribution is 2.16. The molecule has 72 valence electrons. The van der Waals surface area contributed by atoms with E-state index in [2.05, 4.69) is 4.90 Å². The molecule has 0 aromatic heterocycles. The van der Waals surface area contributed by atoms with Crippen molar-refractivity contribution < 1.29 is 9.50 Å². The fourth-order valence-electron chi connectivity index (χ4n) is 1.71. The van der Waals surface area contributed by atoms with Crippen LogP contribution in [-0.4, -0.2) is 42.4 Å². The third kappa shape index (κ3) is 2.72. The fourth-order valence-corrected chi connectivity index (χ4v) is 1.71. The van der Waals surface area contributed by atoms with Crippen molar-refractivity contribution in [3.8, 4) is 0 Å². The summed E-state index contributed by atoms with van der Waals surface area (Å²) in [7, 11) is 0. The Balaban J connectivity index is 2.21. The molecule has 1 aliphatic heterocycles. The molecule has 3 heteroatoms. The minimum Gasteiger partial charge on any atom is -0.393 e. The van der Waals surface area contributed by atoms with E-state index in [0.29, 0.717) is 12.3 Å². The zero-order chi connectivity index (χ0) is 8.97. The van der Waals surface area contributed by atoms with E-state index in [4.69, 9.17) is 0 Å². The van der Waals surface area contributed by atoms with E-state index in [1.165, 1.54) is 0 Å². The van der Waals surface area contributed by atoms with E-state index >= 15 is 0 Å². The van der Waals surface area contributed by atoms with Crippen molar-refractivity contribution in [1.29, 1.82) is 0 Å². The monoisotopic (exact) mass is 175 g/mol. The Morgan fingerprint density at radius 1 is 1.58 bits per heavy atom. The molecule has 1 saturated heterocycles. The van der Waals surface area contributed by atoms with Gasteiger partial charge in [0, 0.05) is 19.6 Å². The lowest BCUT2D eigenvalue weighted by Crippen LogP contribution is -2.42. The number of halogens is 1. The molecule has 1 fully saturated rings. The topological polar surface area (TPSA) is 23.5 Å². The number of nitrogens with zero attached hydrogens (tertiary/aromatic N) is 1. The number of hydrogen-bond donors (Lipinski definition) is 1. The van der Waals surface area contributed by atoms with Crippen molar-refractivity contribution in [2.75, 3.05) is 26.3 Å². The van der Waals surface area contributed by atoms with Gasteiger partial charge in [-0.05, 0) is 18.8 Å². The van der Waals surface area contributed by atoms with Crippen molar-refractivity contribution in [2.45, 2.75) is 25.9 Å². The third-order valence-corrected chi connectivity index (χ3v) is 2.55. The molecule has 1 aliphatic rings. The summed E-state index contributed by atoms with van der Waals surface area (Å²) in [4.78, 5) is 2.23. The summed E-state index contributed by atoms with van der Waals surface area (Å²) < 4.78 is 11.8. The van der Waals surface area contributed by atoms with Gasteiger partial charge < -0.3 is 10.0 Å². The highest BCUT2D eigenvalue weighted by atomic mass is 19.1. The van der Waals surface area contributed by atoms with Crippen LogP contribution in [0.15, 0.2) is 0 Å². The van der Waals surface area contributed by atoms with Crippen molar-refractivity contribution in [2.24, 2.45) is 5.92 Å². The van der Waals surface area contributed by atoms with Gasteiger partial charge in [0.15, 0.2) is 0 Å².